The molecule has 0 aliphatic heterocycles. The van der Waals surface area contributed by atoms with Crippen LogP contribution in [0.2, 0.25) is 0 Å². The van der Waals surface area contributed by atoms with E-state index in [0.29, 0.717) is 24.5 Å². The Hall–Kier alpha value is -2.07. The first kappa shape index (κ1) is 15.3. The van der Waals surface area contributed by atoms with Gasteiger partial charge in [0.15, 0.2) is 0 Å². The van der Waals surface area contributed by atoms with Crippen LogP contribution >= 0.6 is 0 Å². The molecule has 0 radical (unpaired) electrons. The molecular formula is C17H20FNO2. The van der Waals surface area contributed by atoms with Crippen molar-refractivity contribution >= 4 is 0 Å². The highest BCUT2D eigenvalue weighted by atomic mass is 19.1. The van der Waals surface area contributed by atoms with Crippen LogP contribution in [0.3, 0.4) is 0 Å². The highest BCUT2D eigenvalue weighted by Gasteiger charge is 2.04. The molecule has 4 heteroatoms. The fraction of sp³-hybridized carbons (Fsp3) is 0.294. The van der Waals surface area contributed by atoms with E-state index in [1.54, 1.807) is 12.1 Å². The Bertz CT molecular complexity index is 570. The second kappa shape index (κ2) is 7.64. The first-order valence-corrected chi connectivity index (χ1v) is 7.06. The standard InChI is InChI=1S/C17H20FNO2/c1-2-9-20-15-4-6-16(7-5-15)21-12-14-10-13(11-19)3-8-17(14)18/h3-8,10H,2,9,11-12,19H2,1H3. The van der Waals surface area contributed by atoms with Crippen molar-refractivity contribution in [2.24, 2.45) is 5.73 Å². The molecule has 0 aromatic heterocycles. The molecule has 0 spiro atoms. The third-order valence-electron chi connectivity index (χ3n) is 3.04. The summed E-state index contributed by atoms with van der Waals surface area (Å²) in [5.41, 5.74) is 6.95. The SMILES string of the molecule is CCCOc1ccc(OCc2cc(CN)ccc2F)cc1. The number of halogens is 1. The lowest BCUT2D eigenvalue weighted by molar-refractivity contribution is 0.296. The number of hydrogen-bond donors (Lipinski definition) is 1. The predicted octanol–water partition coefficient (Wildman–Crippen LogP) is 3.65. The zero-order chi connectivity index (χ0) is 15.1. The maximum atomic E-state index is 13.7. The van der Waals surface area contributed by atoms with E-state index in [4.69, 9.17) is 15.2 Å². The van der Waals surface area contributed by atoms with Crippen molar-refractivity contribution < 1.29 is 13.9 Å². The Kier molecular flexibility index (Phi) is 5.58. The van der Waals surface area contributed by atoms with Crippen molar-refractivity contribution in [3.8, 4) is 11.5 Å². The smallest absolute Gasteiger partial charge is 0.129 e. The monoisotopic (exact) mass is 289 g/mol. The van der Waals surface area contributed by atoms with Gasteiger partial charge in [-0.25, -0.2) is 4.39 Å². The first-order chi connectivity index (χ1) is 10.2. The van der Waals surface area contributed by atoms with Crippen LogP contribution in [0.4, 0.5) is 4.39 Å². The van der Waals surface area contributed by atoms with E-state index >= 15 is 0 Å². The van der Waals surface area contributed by atoms with Gasteiger partial charge in [0.2, 0.25) is 0 Å². The number of nitrogens with two attached hydrogens (primary N) is 1. The van der Waals surface area contributed by atoms with Crippen LogP contribution in [0, 0.1) is 5.82 Å². The van der Waals surface area contributed by atoms with E-state index in [0.717, 1.165) is 17.7 Å². The first-order valence-electron chi connectivity index (χ1n) is 7.06. The minimum absolute atomic E-state index is 0.175. The molecule has 2 aromatic rings. The maximum Gasteiger partial charge on any atom is 0.129 e. The van der Waals surface area contributed by atoms with Crippen LogP contribution in [-0.2, 0) is 13.2 Å². The summed E-state index contributed by atoms with van der Waals surface area (Å²) in [4.78, 5) is 0. The van der Waals surface area contributed by atoms with Gasteiger partial charge in [-0.05, 0) is 48.4 Å². The second-order valence-electron chi connectivity index (χ2n) is 4.74. The number of benzene rings is 2. The summed E-state index contributed by atoms with van der Waals surface area (Å²) < 4.78 is 24.8. The van der Waals surface area contributed by atoms with E-state index in [1.165, 1.54) is 6.07 Å². The molecule has 0 bridgehead atoms. The Morgan fingerprint density at radius 2 is 1.67 bits per heavy atom. The molecule has 2 aromatic carbocycles. The quantitative estimate of drug-likeness (QED) is 0.846. The largest absolute Gasteiger partial charge is 0.494 e. The molecule has 0 saturated carbocycles. The Morgan fingerprint density at radius 3 is 2.29 bits per heavy atom. The van der Waals surface area contributed by atoms with Gasteiger partial charge in [0.25, 0.3) is 0 Å². The van der Waals surface area contributed by atoms with Gasteiger partial charge >= 0.3 is 0 Å². The van der Waals surface area contributed by atoms with Crippen LogP contribution in [-0.4, -0.2) is 6.61 Å². The summed E-state index contributed by atoms with van der Waals surface area (Å²) >= 11 is 0. The fourth-order valence-corrected chi connectivity index (χ4v) is 1.88. The molecule has 112 valence electrons. The number of hydrogen-bond acceptors (Lipinski definition) is 3. The molecule has 0 unspecified atom stereocenters. The van der Waals surface area contributed by atoms with Gasteiger partial charge in [-0.3, -0.25) is 0 Å². The summed E-state index contributed by atoms with van der Waals surface area (Å²) in [6.07, 6.45) is 0.967. The summed E-state index contributed by atoms with van der Waals surface area (Å²) in [5.74, 6) is 1.20. The molecule has 0 aliphatic rings. The molecule has 2 N–H and O–H groups in total. The predicted molar refractivity (Wildman–Crippen MR) is 80.9 cm³/mol. The van der Waals surface area contributed by atoms with E-state index in [-0.39, 0.29) is 12.4 Å². The average molecular weight is 289 g/mol. The Labute approximate surface area is 124 Å². The van der Waals surface area contributed by atoms with Gasteiger partial charge in [-0.1, -0.05) is 13.0 Å². The average Bonchev–Trinajstić information content (AvgIpc) is 2.53. The van der Waals surface area contributed by atoms with Crippen LogP contribution < -0.4 is 15.2 Å². The van der Waals surface area contributed by atoms with E-state index < -0.39 is 0 Å². The summed E-state index contributed by atoms with van der Waals surface area (Å²) in [7, 11) is 0. The maximum absolute atomic E-state index is 13.7. The second-order valence-corrected chi connectivity index (χ2v) is 4.74. The van der Waals surface area contributed by atoms with Gasteiger partial charge in [0.05, 0.1) is 6.61 Å². The highest BCUT2D eigenvalue weighted by molar-refractivity contribution is 5.32. The van der Waals surface area contributed by atoms with Crippen LogP contribution in [0.1, 0.15) is 24.5 Å². The molecule has 2 rings (SSSR count). The van der Waals surface area contributed by atoms with E-state index in [9.17, 15) is 4.39 Å². The van der Waals surface area contributed by atoms with Crippen LogP contribution in [0.25, 0.3) is 0 Å². The zero-order valence-electron chi connectivity index (χ0n) is 12.1. The molecule has 0 saturated heterocycles. The Balaban J connectivity index is 1.96. The van der Waals surface area contributed by atoms with Crippen LogP contribution in [0.15, 0.2) is 42.5 Å². The molecule has 0 aliphatic carbocycles. The van der Waals surface area contributed by atoms with Gasteiger partial charge in [-0.2, -0.15) is 0 Å². The normalized spacial score (nSPS) is 10.4. The third-order valence-corrected chi connectivity index (χ3v) is 3.04. The number of ether oxygens (including phenoxy) is 2. The van der Waals surface area contributed by atoms with Crippen molar-refractivity contribution in [1.82, 2.24) is 0 Å². The molecule has 0 fully saturated rings. The molecule has 0 atom stereocenters. The lowest BCUT2D eigenvalue weighted by atomic mass is 10.1. The zero-order valence-corrected chi connectivity index (χ0v) is 12.1. The summed E-state index contributed by atoms with van der Waals surface area (Å²) in [5, 5.41) is 0. The van der Waals surface area contributed by atoms with Gasteiger partial charge in [0.1, 0.15) is 23.9 Å². The summed E-state index contributed by atoms with van der Waals surface area (Å²) in [6.45, 7) is 3.31. The molecule has 3 nitrogen and oxygen atoms in total. The van der Waals surface area contributed by atoms with Crippen LogP contribution in [0.5, 0.6) is 11.5 Å². The van der Waals surface area contributed by atoms with Crippen molar-refractivity contribution in [1.29, 1.82) is 0 Å². The van der Waals surface area contributed by atoms with Crippen molar-refractivity contribution in [2.45, 2.75) is 26.5 Å². The van der Waals surface area contributed by atoms with Crippen molar-refractivity contribution in [2.75, 3.05) is 6.61 Å². The minimum Gasteiger partial charge on any atom is -0.494 e. The molecule has 0 amide bonds. The molecule has 0 heterocycles. The van der Waals surface area contributed by atoms with Crippen molar-refractivity contribution in [3.63, 3.8) is 0 Å². The Morgan fingerprint density at radius 1 is 1.00 bits per heavy atom. The summed E-state index contributed by atoms with van der Waals surface area (Å²) in [6, 6.07) is 12.1. The topological polar surface area (TPSA) is 44.5 Å². The lowest BCUT2D eigenvalue weighted by Crippen LogP contribution is -2.02. The number of rotatable bonds is 7. The van der Waals surface area contributed by atoms with Gasteiger partial charge in [-0.15, -0.1) is 0 Å². The van der Waals surface area contributed by atoms with E-state index in [1.807, 2.05) is 24.3 Å². The van der Waals surface area contributed by atoms with Gasteiger partial charge < -0.3 is 15.2 Å². The lowest BCUT2D eigenvalue weighted by Gasteiger charge is -2.10. The third kappa shape index (κ3) is 4.46. The minimum atomic E-state index is -0.282. The molecule has 21 heavy (non-hydrogen) atoms. The highest BCUT2D eigenvalue weighted by Crippen LogP contribution is 2.20. The van der Waals surface area contributed by atoms with Gasteiger partial charge in [0, 0.05) is 12.1 Å². The van der Waals surface area contributed by atoms with E-state index in [2.05, 4.69) is 6.92 Å². The fourth-order valence-electron chi connectivity index (χ4n) is 1.88. The molecular weight excluding hydrogens is 269 g/mol. The van der Waals surface area contributed by atoms with Crippen molar-refractivity contribution in [3.05, 3.63) is 59.4 Å².